The van der Waals surface area contributed by atoms with Crippen molar-refractivity contribution >= 4 is 11.6 Å². The van der Waals surface area contributed by atoms with E-state index < -0.39 is 17.4 Å². The number of aryl methyl sites for hydroxylation is 2. The fourth-order valence-corrected chi connectivity index (χ4v) is 3.04. The summed E-state index contributed by atoms with van der Waals surface area (Å²) in [5, 5.41) is 4.73. The van der Waals surface area contributed by atoms with Crippen molar-refractivity contribution in [3.8, 4) is 11.3 Å². The van der Waals surface area contributed by atoms with Crippen molar-refractivity contribution in [1.82, 2.24) is 9.78 Å². The lowest BCUT2D eigenvalue weighted by molar-refractivity contribution is -0.211. The van der Waals surface area contributed by atoms with Crippen molar-refractivity contribution in [2.24, 2.45) is 5.41 Å². The molecule has 0 bridgehead atoms. The van der Waals surface area contributed by atoms with Crippen LogP contribution < -0.4 is 0 Å². The summed E-state index contributed by atoms with van der Waals surface area (Å²) in [4.78, 5) is 0. The van der Waals surface area contributed by atoms with E-state index in [4.69, 9.17) is 11.6 Å². The van der Waals surface area contributed by atoms with Crippen LogP contribution in [-0.4, -0.2) is 16.0 Å². The van der Waals surface area contributed by atoms with Gasteiger partial charge in [-0.25, -0.2) is 4.39 Å². The summed E-state index contributed by atoms with van der Waals surface area (Å²) < 4.78 is 55.3. The van der Waals surface area contributed by atoms with Crippen molar-refractivity contribution in [1.29, 1.82) is 0 Å². The third-order valence-corrected chi connectivity index (χ3v) is 4.69. The van der Waals surface area contributed by atoms with Crippen LogP contribution in [-0.2, 0) is 19.4 Å². The minimum Gasteiger partial charge on any atom is -0.263 e. The Morgan fingerprint density at radius 1 is 1.16 bits per heavy atom. The summed E-state index contributed by atoms with van der Waals surface area (Å²) in [5.74, 6) is -0.602. The molecule has 2 rings (SSSR count). The second-order valence-corrected chi connectivity index (χ2v) is 7.03. The minimum absolute atomic E-state index is 0.243. The molecule has 0 amide bonds. The molecule has 0 atom stereocenters. The molecule has 0 N–H and O–H groups in total. The van der Waals surface area contributed by atoms with Gasteiger partial charge in [0.1, 0.15) is 5.82 Å². The Morgan fingerprint density at radius 3 is 2.28 bits per heavy atom. The third-order valence-electron chi connectivity index (χ3n) is 4.30. The van der Waals surface area contributed by atoms with Crippen LogP contribution in [0.3, 0.4) is 0 Å². The van der Waals surface area contributed by atoms with E-state index in [2.05, 4.69) is 5.10 Å². The Bertz CT molecular complexity index is 763. The number of benzene rings is 1. The van der Waals surface area contributed by atoms with Crippen LogP contribution in [0.5, 0.6) is 0 Å². The molecule has 0 fully saturated rings. The lowest BCUT2D eigenvalue weighted by Gasteiger charge is -2.27. The van der Waals surface area contributed by atoms with E-state index >= 15 is 0 Å². The van der Waals surface area contributed by atoms with Gasteiger partial charge in [-0.05, 0) is 37.5 Å². The second-order valence-electron chi connectivity index (χ2n) is 6.65. The number of halogens is 5. The first-order valence-corrected chi connectivity index (χ1v) is 8.50. The molecule has 1 heterocycles. The van der Waals surface area contributed by atoms with Crippen molar-refractivity contribution in [3.63, 3.8) is 0 Å². The van der Waals surface area contributed by atoms with E-state index in [1.807, 2.05) is 13.8 Å². The van der Waals surface area contributed by atoms with Gasteiger partial charge in [0.2, 0.25) is 0 Å². The summed E-state index contributed by atoms with van der Waals surface area (Å²) in [6.07, 6.45) is -4.05. The minimum atomic E-state index is -4.36. The van der Waals surface area contributed by atoms with Gasteiger partial charge in [-0.1, -0.05) is 38.4 Å². The standard InChI is InChI=1S/C18H21ClF4N2/c1-5-14-15(19)16(25(6-2)24-14)12-8-7-11(9-13(12)20)10-17(3,4)18(21,22)23/h7-9H,5-6,10H2,1-4H3. The average molecular weight is 377 g/mol. The van der Waals surface area contributed by atoms with Gasteiger partial charge in [-0.2, -0.15) is 18.3 Å². The summed E-state index contributed by atoms with van der Waals surface area (Å²) >= 11 is 6.32. The van der Waals surface area contributed by atoms with Crippen molar-refractivity contribution in [2.75, 3.05) is 0 Å². The SMILES string of the molecule is CCc1nn(CC)c(-c2ccc(CC(C)(C)C(F)(F)F)cc2F)c1Cl. The largest absolute Gasteiger partial charge is 0.394 e. The highest BCUT2D eigenvalue weighted by molar-refractivity contribution is 6.33. The van der Waals surface area contributed by atoms with Gasteiger partial charge in [0.15, 0.2) is 0 Å². The van der Waals surface area contributed by atoms with Crippen LogP contribution >= 0.6 is 11.6 Å². The Labute approximate surface area is 149 Å². The van der Waals surface area contributed by atoms with E-state index in [1.165, 1.54) is 12.1 Å². The second kappa shape index (κ2) is 6.98. The first kappa shape index (κ1) is 19.8. The normalized spacial score (nSPS) is 12.7. The van der Waals surface area contributed by atoms with E-state index in [0.717, 1.165) is 19.9 Å². The number of hydrogen-bond donors (Lipinski definition) is 0. The molecule has 0 aliphatic carbocycles. The fraction of sp³-hybridized carbons (Fsp3) is 0.500. The van der Waals surface area contributed by atoms with Crippen LogP contribution in [0, 0.1) is 11.2 Å². The van der Waals surface area contributed by atoms with Crippen LogP contribution in [0.25, 0.3) is 11.3 Å². The molecular weight excluding hydrogens is 356 g/mol. The number of nitrogens with zero attached hydrogens (tertiary/aromatic N) is 2. The summed E-state index contributed by atoms with van der Waals surface area (Å²) in [6.45, 7) is 6.49. The molecule has 1 aromatic heterocycles. The predicted molar refractivity (Wildman–Crippen MR) is 91.2 cm³/mol. The van der Waals surface area contributed by atoms with E-state index in [1.54, 1.807) is 4.68 Å². The molecule has 0 radical (unpaired) electrons. The smallest absolute Gasteiger partial charge is 0.263 e. The topological polar surface area (TPSA) is 17.8 Å². The summed E-state index contributed by atoms with van der Waals surface area (Å²) in [6, 6.07) is 4.14. The van der Waals surface area contributed by atoms with E-state index in [-0.39, 0.29) is 17.5 Å². The monoisotopic (exact) mass is 376 g/mol. The van der Waals surface area contributed by atoms with Crippen molar-refractivity contribution in [3.05, 3.63) is 40.3 Å². The molecule has 7 heteroatoms. The zero-order valence-electron chi connectivity index (χ0n) is 14.6. The highest BCUT2D eigenvalue weighted by Crippen LogP contribution is 2.41. The Balaban J connectivity index is 2.43. The molecule has 0 aliphatic heterocycles. The third kappa shape index (κ3) is 3.84. The number of rotatable bonds is 5. The van der Waals surface area contributed by atoms with Gasteiger partial charge < -0.3 is 0 Å². The molecule has 0 saturated carbocycles. The number of hydrogen-bond acceptors (Lipinski definition) is 1. The number of aromatic nitrogens is 2. The van der Waals surface area contributed by atoms with Gasteiger partial charge in [0, 0.05) is 12.1 Å². The van der Waals surface area contributed by atoms with Crippen molar-refractivity contribution in [2.45, 2.75) is 53.3 Å². The first-order chi connectivity index (χ1) is 11.5. The first-order valence-electron chi connectivity index (χ1n) is 8.12. The molecule has 1 aromatic carbocycles. The molecule has 25 heavy (non-hydrogen) atoms. The maximum Gasteiger partial charge on any atom is 0.394 e. The van der Waals surface area contributed by atoms with Crippen LogP contribution in [0.1, 0.15) is 39.0 Å². The van der Waals surface area contributed by atoms with E-state index in [0.29, 0.717) is 29.4 Å². The van der Waals surface area contributed by atoms with Gasteiger partial charge in [-0.3, -0.25) is 4.68 Å². The quantitative estimate of drug-likeness (QED) is 0.580. The molecule has 138 valence electrons. The molecule has 0 unspecified atom stereocenters. The van der Waals surface area contributed by atoms with Gasteiger partial charge >= 0.3 is 6.18 Å². The maximum atomic E-state index is 14.6. The summed E-state index contributed by atoms with van der Waals surface area (Å²) in [5.41, 5.74) is -0.273. The molecule has 0 spiro atoms. The zero-order valence-corrected chi connectivity index (χ0v) is 15.4. The Kier molecular flexibility index (Phi) is 5.52. The van der Waals surface area contributed by atoms with Crippen LogP contribution in [0.4, 0.5) is 17.6 Å². The fourth-order valence-electron chi connectivity index (χ4n) is 2.67. The van der Waals surface area contributed by atoms with Crippen LogP contribution in [0.2, 0.25) is 5.02 Å². The van der Waals surface area contributed by atoms with Gasteiger partial charge in [0.25, 0.3) is 0 Å². The Hall–Kier alpha value is -1.56. The van der Waals surface area contributed by atoms with Gasteiger partial charge in [0.05, 0.1) is 21.8 Å². The molecular formula is C18H21ClF4N2. The molecule has 2 nitrogen and oxygen atoms in total. The number of alkyl halides is 3. The lowest BCUT2D eigenvalue weighted by atomic mass is 9.85. The van der Waals surface area contributed by atoms with E-state index in [9.17, 15) is 17.6 Å². The van der Waals surface area contributed by atoms with Gasteiger partial charge in [-0.15, -0.1) is 0 Å². The molecule has 0 aliphatic rings. The Morgan fingerprint density at radius 2 is 1.80 bits per heavy atom. The highest BCUT2D eigenvalue weighted by atomic mass is 35.5. The lowest BCUT2D eigenvalue weighted by Crippen LogP contribution is -2.34. The molecule has 0 saturated heterocycles. The van der Waals surface area contributed by atoms with Crippen molar-refractivity contribution < 1.29 is 17.6 Å². The predicted octanol–water partition coefficient (Wildman–Crippen LogP) is 6.06. The highest BCUT2D eigenvalue weighted by Gasteiger charge is 2.47. The maximum absolute atomic E-state index is 14.6. The zero-order chi connectivity index (χ0) is 19.0. The average Bonchev–Trinajstić information content (AvgIpc) is 2.82. The molecule has 2 aromatic rings. The summed E-state index contributed by atoms with van der Waals surface area (Å²) in [7, 11) is 0. The van der Waals surface area contributed by atoms with Crippen LogP contribution in [0.15, 0.2) is 18.2 Å².